The Labute approximate surface area is 203 Å². The van der Waals surface area contributed by atoms with Crippen molar-refractivity contribution in [2.45, 2.75) is 59.1 Å². The van der Waals surface area contributed by atoms with Gasteiger partial charge in [-0.15, -0.1) is 24.0 Å². The topological polar surface area (TPSA) is 104 Å². The molecule has 0 heterocycles. The van der Waals surface area contributed by atoms with Gasteiger partial charge in [0.25, 0.3) is 0 Å². The summed E-state index contributed by atoms with van der Waals surface area (Å²) in [5.41, 5.74) is 0.0462. The molecule has 2 amide bonds. The zero-order valence-electron chi connectivity index (χ0n) is 19.5. The van der Waals surface area contributed by atoms with Gasteiger partial charge in [0.1, 0.15) is 12.1 Å². The van der Waals surface area contributed by atoms with Gasteiger partial charge in [0.15, 0.2) is 5.96 Å². The van der Waals surface area contributed by atoms with Gasteiger partial charge in [-0.1, -0.05) is 30.3 Å². The van der Waals surface area contributed by atoms with Crippen molar-refractivity contribution >= 4 is 41.9 Å². The second-order valence-corrected chi connectivity index (χ2v) is 8.65. The third-order valence-corrected chi connectivity index (χ3v) is 3.84. The summed E-state index contributed by atoms with van der Waals surface area (Å²) in [5, 5.41) is 12.0. The van der Waals surface area contributed by atoms with Crippen molar-refractivity contribution < 1.29 is 14.3 Å². The Bertz CT molecular complexity index is 703. The predicted molar refractivity (Wildman–Crippen MR) is 136 cm³/mol. The number of guanidine groups is 1. The van der Waals surface area contributed by atoms with Crippen molar-refractivity contribution in [2.24, 2.45) is 4.99 Å². The normalized spacial score (nSPS) is 11.7. The number of rotatable bonds is 9. The highest BCUT2D eigenvalue weighted by atomic mass is 127. The van der Waals surface area contributed by atoms with E-state index in [0.29, 0.717) is 25.6 Å². The molecule has 1 rings (SSSR count). The first-order valence-corrected chi connectivity index (χ1v) is 10.3. The number of carbonyl (C=O) groups is 2. The first-order valence-electron chi connectivity index (χ1n) is 10.3. The van der Waals surface area contributed by atoms with Crippen LogP contribution in [0, 0.1) is 0 Å². The van der Waals surface area contributed by atoms with Crippen LogP contribution in [0.25, 0.3) is 0 Å². The summed E-state index contributed by atoms with van der Waals surface area (Å²) in [6.45, 7) is 12.8. The van der Waals surface area contributed by atoms with Crippen LogP contribution in [-0.2, 0) is 16.0 Å². The molecule has 0 aliphatic rings. The lowest BCUT2D eigenvalue weighted by molar-refractivity contribution is -0.119. The third-order valence-electron chi connectivity index (χ3n) is 3.84. The van der Waals surface area contributed by atoms with Crippen molar-refractivity contribution in [1.82, 2.24) is 21.3 Å². The molecule has 176 valence electrons. The fourth-order valence-corrected chi connectivity index (χ4v) is 2.47. The van der Waals surface area contributed by atoms with Crippen LogP contribution in [0.3, 0.4) is 0 Å². The summed E-state index contributed by atoms with van der Waals surface area (Å²) in [5.74, 6) is 0.365. The molecule has 0 aliphatic carbocycles. The van der Waals surface area contributed by atoms with E-state index >= 15 is 0 Å². The molecule has 0 radical (unpaired) electrons. The lowest BCUT2D eigenvalue weighted by Gasteiger charge is -2.29. The Morgan fingerprint density at radius 1 is 1.00 bits per heavy atom. The van der Waals surface area contributed by atoms with Gasteiger partial charge in [-0.05, 0) is 53.5 Å². The fraction of sp³-hybridized carbons (Fsp3) is 0.591. The molecule has 4 N–H and O–H groups in total. The maximum Gasteiger partial charge on any atom is 0.408 e. The van der Waals surface area contributed by atoms with Crippen molar-refractivity contribution in [3.05, 3.63) is 35.9 Å². The Balaban J connectivity index is 0.00000900. The number of amides is 2. The molecule has 1 aromatic carbocycles. The minimum absolute atomic E-state index is 0. The molecule has 0 bridgehead atoms. The molecule has 0 aromatic heterocycles. The minimum Gasteiger partial charge on any atom is -0.444 e. The molecule has 8 nitrogen and oxygen atoms in total. The van der Waals surface area contributed by atoms with Crippen LogP contribution in [0.2, 0.25) is 0 Å². The molecule has 0 fully saturated rings. The highest BCUT2D eigenvalue weighted by Gasteiger charge is 2.24. The largest absolute Gasteiger partial charge is 0.444 e. The van der Waals surface area contributed by atoms with E-state index in [0.717, 1.165) is 6.42 Å². The number of hydrogen-bond donors (Lipinski definition) is 4. The fourth-order valence-electron chi connectivity index (χ4n) is 2.47. The summed E-state index contributed by atoms with van der Waals surface area (Å²) < 4.78 is 5.30. The van der Waals surface area contributed by atoms with E-state index in [9.17, 15) is 9.59 Å². The molecule has 1 aromatic rings. The Morgan fingerprint density at radius 3 is 2.23 bits per heavy atom. The number of benzene rings is 1. The monoisotopic (exact) mass is 547 g/mol. The highest BCUT2D eigenvalue weighted by molar-refractivity contribution is 14.0. The molecule has 0 saturated carbocycles. The maximum absolute atomic E-state index is 12.1. The van der Waals surface area contributed by atoms with Crippen LogP contribution >= 0.6 is 24.0 Å². The number of aliphatic imine (C=N–C) groups is 1. The quantitative estimate of drug-likeness (QED) is 0.216. The lowest BCUT2D eigenvalue weighted by Crippen LogP contribution is -2.54. The van der Waals surface area contributed by atoms with E-state index in [1.807, 2.05) is 71.9 Å². The zero-order valence-corrected chi connectivity index (χ0v) is 21.8. The molecule has 0 saturated heterocycles. The Morgan fingerprint density at radius 2 is 1.65 bits per heavy atom. The third kappa shape index (κ3) is 14.6. The van der Waals surface area contributed by atoms with Gasteiger partial charge < -0.3 is 26.0 Å². The Hall–Kier alpha value is -2.04. The van der Waals surface area contributed by atoms with Gasteiger partial charge in [0, 0.05) is 19.6 Å². The average Bonchev–Trinajstić information content (AvgIpc) is 2.63. The number of alkyl carbamates (subject to hydrolysis) is 1. The van der Waals surface area contributed by atoms with Crippen LogP contribution in [0.4, 0.5) is 4.79 Å². The maximum atomic E-state index is 12.1. The van der Waals surface area contributed by atoms with E-state index in [1.54, 1.807) is 0 Å². The number of nitrogens with zero attached hydrogens (tertiary/aromatic N) is 1. The molecule has 0 atom stereocenters. The first kappa shape index (κ1) is 29.0. The highest BCUT2D eigenvalue weighted by Crippen LogP contribution is 2.09. The number of carbonyl (C=O) groups excluding carboxylic acids is 2. The minimum atomic E-state index is -0.573. The van der Waals surface area contributed by atoms with Gasteiger partial charge in [-0.25, -0.2) is 9.79 Å². The SMILES string of the molecule is CCNC(=NCC(=O)NCCc1ccccc1)NCC(C)(C)NC(=O)OC(C)(C)C.I. The smallest absolute Gasteiger partial charge is 0.408 e. The van der Waals surface area contributed by atoms with Crippen LogP contribution in [0.15, 0.2) is 35.3 Å². The Kier molecular flexibility index (Phi) is 13.2. The van der Waals surface area contributed by atoms with Crippen molar-refractivity contribution in [2.75, 3.05) is 26.2 Å². The summed E-state index contributed by atoms with van der Waals surface area (Å²) in [6.07, 6.45) is 0.299. The van der Waals surface area contributed by atoms with Gasteiger partial charge in [0.05, 0.1) is 5.54 Å². The van der Waals surface area contributed by atoms with Crippen molar-refractivity contribution in [3.8, 4) is 0 Å². The molecule has 9 heteroatoms. The van der Waals surface area contributed by atoms with E-state index < -0.39 is 17.2 Å². The van der Waals surface area contributed by atoms with Gasteiger partial charge >= 0.3 is 6.09 Å². The van der Waals surface area contributed by atoms with Crippen LogP contribution in [0.5, 0.6) is 0 Å². The molecule has 0 unspecified atom stereocenters. The van der Waals surface area contributed by atoms with Crippen molar-refractivity contribution in [3.63, 3.8) is 0 Å². The zero-order chi connectivity index (χ0) is 22.6. The van der Waals surface area contributed by atoms with E-state index in [-0.39, 0.29) is 36.4 Å². The summed E-state index contributed by atoms with van der Waals surface area (Å²) in [7, 11) is 0. The molecule has 31 heavy (non-hydrogen) atoms. The first-order chi connectivity index (χ1) is 14.0. The van der Waals surface area contributed by atoms with Crippen LogP contribution in [0.1, 0.15) is 47.1 Å². The van der Waals surface area contributed by atoms with Gasteiger partial charge in [0.2, 0.25) is 5.91 Å². The van der Waals surface area contributed by atoms with Crippen LogP contribution < -0.4 is 21.3 Å². The number of ether oxygens (including phenoxy) is 1. The second-order valence-electron chi connectivity index (χ2n) is 8.65. The second kappa shape index (κ2) is 14.1. The van der Waals surface area contributed by atoms with Gasteiger partial charge in [-0.3, -0.25) is 4.79 Å². The summed E-state index contributed by atoms with van der Waals surface area (Å²) >= 11 is 0. The van der Waals surface area contributed by atoms with E-state index in [1.165, 1.54) is 5.56 Å². The number of hydrogen-bond acceptors (Lipinski definition) is 4. The summed E-state index contributed by atoms with van der Waals surface area (Å²) in [4.78, 5) is 28.4. The standard InChI is InChI=1S/C22H37N5O3.HI/c1-7-23-19(26-16-22(5,6)27-20(29)30-21(2,3)4)25-15-18(28)24-14-13-17-11-9-8-10-12-17;/h8-12H,7,13-16H2,1-6H3,(H,24,28)(H,27,29)(H2,23,25,26);1H. The van der Waals surface area contributed by atoms with E-state index in [4.69, 9.17) is 4.74 Å². The molecular weight excluding hydrogens is 509 g/mol. The van der Waals surface area contributed by atoms with Gasteiger partial charge in [-0.2, -0.15) is 0 Å². The average molecular weight is 547 g/mol. The number of nitrogens with one attached hydrogen (secondary N) is 4. The molecule has 0 spiro atoms. The lowest BCUT2D eigenvalue weighted by atomic mass is 10.1. The summed E-state index contributed by atoms with van der Waals surface area (Å²) in [6, 6.07) is 10.00. The van der Waals surface area contributed by atoms with Crippen LogP contribution in [-0.4, -0.2) is 55.3 Å². The predicted octanol–water partition coefficient (Wildman–Crippen LogP) is 2.82. The number of halogens is 1. The van der Waals surface area contributed by atoms with E-state index in [2.05, 4.69) is 26.3 Å². The van der Waals surface area contributed by atoms with Crippen molar-refractivity contribution in [1.29, 1.82) is 0 Å². The molecular formula is C22H38IN5O3. The molecule has 0 aliphatic heterocycles.